The van der Waals surface area contributed by atoms with Gasteiger partial charge >= 0.3 is 0 Å². The highest BCUT2D eigenvalue weighted by atomic mass is 32.2. The van der Waals surface area contributed by atoms with E-state index in [1.165, 1.54) is 17.0 Å². The van der Waals surface area contributed by atoms with Crippen molar-refractivity contribution < 1.29 is 13.9 Å². The van der Waals surface area contributed by atoms with Crippen LogP contribution < -0.4 is 5.32 Å². The molecule has 1 aliphatic heterocycles. The summed E-state index contributed by atoms with van der Waals surface area (Å²) in [5.41, 5.74) is 1.51. The topological polar surface area (TPSA) is 38.3 Å². The summed E-state index contributed by atoms with van der Waals surface area (Å²) in [6.07, 6.45) is 1.60. The molecule has 156 valence electrons. The summed E-state index contributed by atoms with van der Waals surface area (Å²) in [6, 6.07) is 18.5. The fourth-order valence-electron chi connectivity index (χ4n) is 3.80. The second-order valence-electron chi connectivity index (χ2n) is 7.45. The number of thioether (sulfide) groups is 1. The lowest BCUT2D eigenvalue weighted by molar-refractivity contribution is 0.0486. The summed E-state index contributed by atoms with van der Waals surface area (Å²) in [7, 11) is 0. The lowest BCUT2D eigenvalue weighted by Gasteiger charge is -2.38. The number of amides is 1. The molecule has 4 rings (SSSR count). The van der Waals surface area contributed by atoms with Crippen molar-refractivity contribution in [1.82, 2.24) is 5.32 Å². The number of thiophene rings is 1. The molecule has 2 heterocycles. The molecule has 2 aromatic carbocycles. The maximum absolute atomic E-state index is 13.4. The smallest absolute Gasteiger partial charge is 0.252 e. The zero-order valence-electron chi connectivity index (χ0n) is 16.6. The van der Waals surface area contributed by atoms with Gasteiger partial charge in [-0.05, 0) is 54.1 Å². The normalized spacial score (nSPS) is 15.6. The molecule has 0 spiro atoms. The van der Waals surface area contributed by atoms with Crippen molar-refractivity contribution in [2.75, 3.05) is 19.8 Å². The number of ether oxygens (including phenoxy) is 1. The highest BCUT2D eigenvalue weighted by Gasteiger charge is 2.35. The highest BCUT2D eigenvalue weighted by molar-refractivity contribution is 7.98. The Morgan fingerprint density at radius 3 is 2.57 bits per heavy atom. The van der Waals surface area contributed by atoms with E-state index in [0.717, 1.165) is 29.1 Å². The molecule has 3 nitrogen and oxygen atoms in total. The van der Waals surface area contributed by atoms with Crippen LogP contribution in [0.25, 0.3) is 0 Å². The fourth-order valence-corrected chi connectivity index (χ4v) is 5.62. The Kier molecular flexibility index (Phi) is 6.87. The Bertz CT molecular complexity index is 967. The van der Waals surface area contributed by atoms with Crippen molar-refractivity contribution >= 4 is 29.0 Å². The van der Waals surface area contributed by atoms with Crippen LogP contribution in [0.5, 0.6) is 0 Å². The minimum atomic E-state index is -0.248. The Morgan fingerprint density at radius 2 is 1.83 bits per heavy atom. The van der Waals surface area contributed by atoms with Gasteiger partial charge < -0.3 is 10.1 Å². The van der Waals surface area contributed by atoms with Gasteiger partial charge in [0, 0.05) is 40.7 Å². The Balaban J connectivity index is 1.48. The van der Waals surface area contributed by atoms with Gasteiger partial charge in [0.15, 0.2) is 0 Å². The monoisotopic (exact) mass is 441 g/mol. The van der Waals surface area contributed by atoms with Crippen LogP contribution in [0.4, 0.5) is 4.39 Å². The zero-order chi connectivity index (χ0) is 20.8. The maximum atomic E-state index is 13.4. The molecule has 0 atom stereocenters. The third kappa shape index (κ3) is 4.94. The van der Waals surface area contributed by atoms with Crippen molar-refractivity contribution in [2.24, 2.45) is 0 Å². The molecule has 30 heavy (non-hydrogen) atoms. The predicted octanol–water partition coefficient (Wildman–Crippen LogP) is 5.66. The number of carbonyl (C=O) groups excluding carboxylic acids is 1. The number of benzene rings is 2. The fraction of sp³-hybridized carbons (Fsp3) is 0.292. The molecule has 1 amide bonds. The quantitative estimate of drug-likeness (QED) is 0.481. The summed E-state index contributed by atoms with van der Waals surface area (Å²) in [5, 5.41) is 5.22. The summed E-state index contributed by atoms with van der Waals surface area (Å²) in [5.74, 6) is 0.526. The maximum Gasteiger partial charge on any atom is 0.252 e. The third-order valence-electron chi connectivity index (χ3n) is 5.58. The van der Waals surface area contributed by atoms with Crippen molar-refractivity contribution in [2.45, 2.75) is 28.9 Å². The number of hydrogen-bond acceptors (Lipinski definition) is 4. The Hall–Kier alpha value is -2.15. The van der Waals surface area contributed by atoms with E-state index in [1.54, 1.807) is 23.1 Å². The summed E-state index contributed by atoms with van der Waals surface area (Å²) in [6.45, 7) is 1.78. The molecular formula is C24H24FNO2S2. The van der Waals surface area contributed by atoms with E-state index in [1.807, 2.05) is 42.5 Å². The van der Waals surface area contributed by atoms with Gasteiger partial charge in [0.05, 0.1) is 5.56 Å². The van der Waals surface area contributed by atoms with Crippen LogP contribution in [-0.2, 0) is 15.9 Å². The second kappa shape index (κ2) is 9.77. The van der Waals surface area contributed by atoms with Gasteiger partial charge in [-0.25, -0.2) is 4.39 Å². The first-order valence-electron chi connectivity index (χ1n) is 10.0. The average Bonchev–Trinajstić information content (AvgIpc) is 3.31. The van der Waals surface area contributed by atoms with E-state index >= 15 is 0 Å². The average molecular weight is 442 g/mol. The van der Waals surface area contributed by atoms with Gasteiger partial charge in [0.2, 0.25) is 0 Å². The molecule has 0 aliphatic carbocycles. The van der Waals surface area contributed by atoms with Crippen LogP contribution >= 0.6 is 23.1 Å². The van der Waals surface area contributed by atoms with Gasteiger partial charge in [-0.2, -0.15) is 0 Å². The van der Waals surface area contributed by atoms with Crippen LogP contribution in [-0.4, -0.2) is 25.7 Å². The Labute approximate surface area is 184 Å². The number of halogens is 1. The third-order valence-corrected chi connectivity index (χ3v) is 7.76. The molecule has 1 aromatic heterocycles. The number of hydrogen-bond donors (Lipinski definition) is 1. The molecule has 1 aliphatic rings. The first kappa shape index (κ1) is 21.1. The summed E-state index contributed by atoms with van der Waals surface area (Å²) in [4.78, 5) is 15.3. The van der Waals surface area contributed by atoms with Gasteiger partial charge in [-0.15, -0.1) is 23.1 Å². The van der Waals surface area contributed by atoms with E-state index in [-0.39, 0.29) is 17.1 Å². The number of carbonyl (C=O) groups is 1. The first-order chi connectivity index (χ1) is 14.7. The van der Waals surface area contributed by atoms with E-state index < -0.39 is 0 Å². The van der Waals surface area contributed by atoms with Gasteiger partial charge in [0.1, 0.15) is 5.82 Å². The summed E-state index contributed by atoms with van der Waals surface area (Å²) >= 11 is 3.40. The van der Waals surface area contributed by atoms with E-state index in [2.05, 4.69) is 16.8 Å². The number of nitrogens with one attached hydrogen (secondary N) is 1. The van der Waals surface area contributed by atoms with Crippen LogP contribution in [0.15, 0.2) is 70.9 Å². The van der Waals surface area contributed by atoms with Crippen LogP contribution in [0.3, 0.4) is 0 Å². The number of rotatable bonds is 7. The molecule has 0 radical (unpaired) electrons. The molecule has 1 fully saturated rings. The largest absolute Gasteiger partial charge is 0.381 e. The van der Waals surface area contributed by atoms with Crippen molar-refractivity contribution in [3.05, 3.63) is 87.9 Å². The Morgan fingerprint density at radius 1 is 1.07 bits per heavy atom. The second-order valence-corrected chi connectivity index (χ2v) is 9.50. The molecule has 3 aromatic rings. The minimum absolute atomic E-state index is 0.0720. The molecular weight excluding hydrogens is 417 g/mol. The van der Waals surface area contributed by atoms with Crippen LogP contribution in [0.2, 0.25) is 0 Å². The van der Waals surface area contributed by atoms with E-state index in [0.29, 0.717) is 25.3 Å². The molecule has 6 heteroatoms. The first-order valence-corrected chi connectivity index (χ1v) is 11.9. The summed E-state index contributed by atoms with van der Waals surface area (Å²) < 4.78 is 19.0. The minimum Gasteiger partial charge on any atom is -0.381 e. The van der Waals surface area contributed by atoms with Crippen molar-refractivity contribution in [1.29, 1.82) is 0 Å². The molecule has 1 N–H and O–H groups in total. The SMILES string of the molecule is O=C(NCC1(c2ccc(F)cc2)CCOCC1)c1ccccc1SCc1cccs1. The lowest BCUT2D eigenvalue weighted by Crippen LogP contribution is -2.44. The highest BCUT2D eigenvalue weighted by Crippen LogP contribution is 2.35. The standard InChI is InChI=1S/C24H24FNO2S2/c25-19-9-7-18(8-10-19)24(11-13-28-14-12-24)17-26-23(27)21-5-1-2-6-22(21)30-16-20-4-3-15-29-20/h1-10,15H,11-14,16-17H2,(H,26,27). The molecule has 0 bridgehead atoms. The van der Waals surface area contributed by atoms with Gasteiger partial charge in [-0.1, -0.05) is 30.3 Å². The lowest BCUT2D eigenvalue weighted by atomic mass is 9.74. The molecule has 0 saturated carbocycles. The van der Waals surface area contributed by atoms with Gasteiger partial charge in [-0.3, -0.25) is 4.79 Å². The van der Waals surface area contributed by atoms with Crippen LogP contribution in [0.1, 0.15) is 33.6 Å². The molecule has 0 unspecified atom stereocenters. The van der Waals surface area contributed by atoms with E-state index in [9.17, 15) is 9.18 Å². The zero-order valence-corrected chi connectivity index (χ0v) is 18.2. The van der Waals surface area contributed by atoms with E-state index in [4.69, 9.17) is 4.74 Å². The van der Waals surface area contributed by atoms with Crippen molar-refractivity contribution in [3.63, 3.8) is 0 Å². The molecule has 1 saturated heterocycles. The van der Waals surface area contributed by atoms with Crippen molar-refractivity contribution in [3.8, 4) is 0 Å². The van der Waals surface area contributed by atoms with Crippen LogP contribution in [0, 0.1) is 5.82 Å². The predicted molar refractivity (Wildman–Crippen MR) is 121 cm³/mol. The van der Waals surface area contributed by atoms with Gasteiger partial charge in [0.25, 0.3) is 5.91 Å².